The summed E-state index contributed by atoms with van der Waals surface area (Å²) in [6, 6.07) is 12.0. The summed E-state index contributed by atoms with van der Waals surface area (Å²) >= 11 is 0. The van der Waals surface area contributed by atoms with Crippen LogP contribution in [0.3, 0.4) is 0 Å². The molecule has 0 bridgehead atoms. The Bertz CT molecular complexity index is 976. The van der Waals surface area contributed by atoms with E-state index in [-0.39, 0.29) is 12.5 Å². The maximum absolute atomic E-state index is 14.0. The van der Waals surface area contributed by atoms with Gasteiger partial charge in [0.1, 0.15) is 16.8 Å². The van der Waals surface area contributed by atoms with Crippen molar-refractivity contribution in [3.8, 4) is 0 Å². The van der Waals surface area contributed by atoms with Crippen molar-refractivity contribution in [2.24, 2.45) is 5.92 Å². The SMILES string of the molecule is CCN(CC)Cc1cccc(CNC(=O)[C@@H](NS(=O)(=O)c2ccccc2F)C(C)C)c1. The molecule has 6 nitrogen and oxygen atoms in total. The van der Waals surface area contributed by atoms with Crippen LogP contribution in [0.4, 0.5) is 4.39 Å². The molecule has 2 rings (SSSR count). The van der Waals surface area contributed by atoms with Gasteiger partial charge in [-0.05, 0) is 42.3 Å². The third-order valence-electron chi connectivity index (χ3n) is 5.12. The molecule has 0 spiro atoms. The third kappa shape index (κ3) is 7.12. The highest BCUT2D eigenvalue weighted by Crippen LogP contribution is 2.16. The average molecular weight is 450 g/mol. The van der Waals surface area contributed by atoms with Crippen molar-refractivity contribution in [1.29, 1.82) is 0 Å². The Morgan fingerprint density at radius 2 is 1.68 bits per heavy atom. The molecule has 0 saturated heterocycles. The van der Waals surface area contributed by atoms with Gasteiger partial charge >= 0.3 is 0 Å². The number of amides is 1. The molecule has 0 aliphatic carbocycles. The standard InChI is InChI=1S/C23H32FN3O3S/c1-5-27(6-2)16-19-11-9-10-18(14-19)15-25-23(28)22(17(3)4)26-31(29,30)21-13-8-7-12-20(21)24/h7-14,17,22,26H,5-6,15-16H2,1-4H3,(H,25,28)/t22-/m0/s1. The van der Waals surface area contributed by atoms with Crippen LogP contribution < -0.4 is 10.0 Å². The van der Waals surface area contributed by atoms with Gasteiger partial charge in [0.15, 0.2) is 0 Å². The molecule has 0 saturated carbocycles. The van der Waals surface area contributed by atoms with Crippen LogP contribution in [-0.4, -0.2) is 38.4 Å². The van der Waals surface area contributed by atoms with Gasteiger partial charge < -0.3 is 5.32 Å². The highest BCUT2D eigenvalue weighted by atomic mass is 32.2. The first-order valence-electron chi connectivity index (χ1n) is 10.5. The molecule has 2 N–H and O–H groups in total. The summed E-state index contributed by atoms with van der Waals surface area (Å²) < 4.78 is 41.5. The topological polar surface area (TPSA) is 78.5 Å². The fraction of sp³-hybridized carbons (Fsp3) is 0.435. The number of carbonyl (C=O) groups is 1. The minimum Gasteiger partial charge on any atom is -0.351 e. The lowest BCUT2D eigenvalue weighted by molar-refractivity contribution is -0.123. The summed E-state index contributed by atoms with van der Waals surface area (Å²) in [5, 5.41) is 2.80. The van der Waals surface area contributed by atoms with E-state index in [0.717, 1.165) is 36.8 Å². The number of nitrogens with zero attached hydrogens (tertiary/aromatic N) is 1. The number of halogens is 1. The van der Waals surface area contributed by atoms with Crippen LogP contribution in [0.1, 0.15) is 38.8 Å². The lowest BCUT2D eigenvalue weighted by atomic mass is 10.0. The third-order valence-corrected chi connectivity index (χ3v) is 6.59. The fourth-order valence-electron chi connectivity index (χ4n) is 3.23. The molecule has 0 aromatic heterocycles. The van der Waals surface area contributed by atoms with Crippen LogP contribution in [-0.2, 0) is 27.9 Å². The van der Waals surface area contributed by atoms with Crippen LogP contribution in [0.25, 0.3) is 0 Å². The Balaban J connectivity index is 2.08. The molecule has 0 heterocycles. The number of sulfonamides is 1. The summed E-state index contributed by atoms with van der Waals surface area (Å²) in [5.74, 6) is -1.64. The summed E-state index contributed by atoms with van der Waals surface area (Å²) in [6.07, 6.45) is 0. The van der Waals surface area contributed by atoms with Crippen molar-refractivity contribution in [3.63, 3.8) is 0 Å². The molecule has 31 heavy (non-hydrogen) atoms. The first kappa shape index (κ1) is 25.0. The molecule has 0 aliphatic rings. The second-order valence-electron chi connectivity index (χ2n) is 7.77. The van der Waals surface area contributed by atoms with E-state index in [1.54, 1.807) is 13.8 Å². The van der Waals surface area contributed by atoms with E-state index in [1.807, 2.05) is 24.3 Å². The largest absolute Gasteiger partial charge is 0.351 e. The highest BCUT2D eigenvalue weighted by molar-refractivity contribution is 7.89. The molecular weight excluding hydrogens is 417 g/mol. The van der Waals surface area contributed by atoms with E-state index in [9.17, 15) is 17.6 Å². The van der Waals surface area contributed by atoms with Crippen molar-refractivity contribution in [2.45, 2.75) is 51.7 Å². The summed E-state index contributed by atoms with van der Waals surface area (Å²) in [5.41, 5.74) is 2.08. The molecular formula is C23H32FN3O3S. The molecule has 0 unspecified atom stereocenters. The van der Waals surface area contributed by atoms with Gasteiger partial charge in [-0.15, -0.1) is 0 Å². The number of hydrogen-bond donors (Lipinski definition) is 2. The van der Waals surface area contributed by atoms with Crippen LogP contribution in [0, 0.1) is 11.7 Å². The predicted molar refractivity (Wildman–Crippen MR) is 120 cm³/mol. The number of benzene rings is 2. The lowest BCUT2D eigenvalue weighted by Gasteiger charge is -2.22. The maximum Gasteiger partial charge on any atom is 0.244 e. The van der Waals surface area contributed by atoms with E-state index >= 15 is 0 Å². The number of rotatable bonds is 11. The molecule has 0 aliphatic heterocycles. The number of hydrogen-bond acceptors (Lipinski definition) is 4. The maximum atomic E-state index is 14.0. The smallest absolute Gasteiger partial charge is 0.244 e. The van der Waals surface area contributed by atoms with Gasteiger partial charge in [0, 0.05) is 13.1 Å². The van der Waals surface area contributed by atoms with Crippen molar-refractivity contribution < 1.29 is 17.6 Å². The Labute approximate surface area is 184 Å². The van der Waals surface area contributed by atoms with E-state index < -0.39 is 32.7 Å². The zero-order valence-electron chi connectivity index (χ0n) is 18.6. The van der Waals surface area contributed by atoms with Crippen LogP contribution in [0.15, 0.2) is 53.4 Å². The zero-order chi connectivity index (χ0) is 23.0. The van der Waals surface area contributed by atoms with Gasteiger partial charge in [-0.1, -0.05) is 64.1 Å². The van der Waals surface area contributed by atoms with E-state index in [2.05, 4.69) is 28.8 Å². The average Bonchev–Trinajstić information content (AvgIpc) is 2.74. The fourth-order valence-corrected chi connectivity index (χ4v) is 4.65. The van der Waals surface area contributed by atoms with Crippen molar-refractivity contribution in [1.82, 2.24) is 14.9 Å². The van der Waals surface area contributed by atoms with E-state index in [1.165, 1.54) is 18.2 Å². The minimum atomic E-state index is -4.18. The van der Waals surface area contributed by atoms with Crippen LogP contribution in [0.5, 0.6) is 0 Å². The Kier molecular flexibility index (Phi) is 9.15. The van der Waals surface area contributed by atoms with Crippen molar-refractivity contribution >= 4 is 15.9 Å². The van der Waals surface area contributed by atoms with Crippen molar-refractivity contribution in [2.75, 3.05) is 13.1 Å². The predicted octanol–water partition coefficient (Wildman–Crippen LogP) is 3.29. The monoisotopic (exact) mass is 449 g/mol. The van der Waals surface area contributed by atoms with Gasteiger partial charge in [-0.3, -0.25) is 9.69 Å². The van der Waals surface area contributed by atoms with Crippen LogP contribution in [0.2, 0.25) is 0 Å². The van der Waals surface area contributed by atoms with Gasteiger partial charge in [-0.25, -0.2) is 12.8 Å². The van der Waals surface area contributed by atoms with Gasteiger partial charge in [0.25, 0.3) is 0 Å². The number of carbonyl (C=O) groups excluding carboxylic acids is 1. The Morgan fingerprint density at radius 1 is 1.03 bits per heavy atom. The second-order valence-corrected chi connectivity index (χ2v) is 9.45. The number of nitrogens with one attached hydrogen (secondary N) is 2. The van der Waals surface area contributed by atoms with E-state index in [0.29, 0.717) is 0 Å². The highest BCUT2D eigenvalue weighted by Gasteiger charge is 2.29. The Morgan fingerprint density at radius 3 is 2.29 bits per heavy atom. The molecule has 0 radical (unpaired) electrons. The first-order valence-corrected chi connectivity index (χ1v) is 12.0. The molecule has 0 fully saturated rings. The first-order chi connectivity index (χ1) is 14.7. The molecule has 1 amide bonds. The quantitative estimate of drug-likeness (QED) is 0.552. The minimum absolute atomic E-state index is 0.273. The molecule has 1 atom stereocenters. The Hall–Kier alpha value is -2.29. The van der Waals surface area contributed by atoms with Crippen LogP contribution >= 0.6 is 0 Å². The summed E-state index contributed by atoms with van der Waals surface area (Å²) in [4.78, 5) is 14.6. The van der Waals surface area contributed by atoms with Crippen molar-refractivity contribution in [3.05, 3.63) is 65.5 Å². The molecule has 170 valence electrons. The van der Waals surface area contributed by atoms with Gasteiger partial charge in [0.2, 0.25) is 15.9 Å². The summed E-state index contributed by atoms with van der Waals surface area (Å²) in [6.45, 7) is 10.7. The zero-order valence-corrected chi connectivity index (χ0v) is 19.4. The molecule has 2 aromatic carbocycles. The molecule has 2 aromatic rings. The second kappa shape index (κ2) is 11.4. The molecule has 8 heteroatoms. The van der Waals surface area contributed by atoms with Gasteiger partial charge in [-0.2, -0.15) is 4.72 Å². The summed E-state index contributed by atoms with van der Waals surface area (Å²) in [7, 11) is -4.18. The lowest BCUT2D eigenvalue weighted by Crippen LogP contribution is -2.49. The normalized spacial score (nSPS) is 12.9. The van der Waals surface area contributed by atoms with Gasteiger partial charge in [0.05, 0.1) is 0 Å². The van der Waals surface area contributed by atoms with E-state index in [4.69, 9.17) is 0 Å².